The first-order valence-corrected chi connectivity index (χ1v) is 5.34. The minimum Gasteiger partial charge on any atom is -0.446 e. The van der Waals surface area contributed by atoms with Crippen molar-refractivity contribution in [1.82, 2.24) is 0 Å². The number of anilines is 1. The summed E-state index contributed by atoms with van der Waals surface area (Å²) >= 11 is 0. The van der Waals surface area contributed by atoms with Gasteiger partial charge < -0.3 is 4.74 Å². The Morgan fingerprint density at radius 3 is 2.24 bits per heavy atom. The molecule has 1 saturated heterocycles. The van der Waals surface area contributed by atoms with E-state index in [-0.39, 0.29) is 11.8 Å². The normalized spacial score (nSPS) is 15.9. The second-order valence-corrected chi connectivity index (χ2v) is 3.71. The van der Waals surface area contributed by atoms with Crippen molar-refractivity contribution in [3.63, 3.8) is 0 Å². The molecule has 0 aromatic heterocycles. The quantitative estimate of drug-likeness (QED) is 0.490. The van der Waals surface area contributed by atoms with E-state index in [0.29, 0.717) is 30.7 Å². The number of imide groups is 1. The number of nitrogens with one attached hydrogen (secondary N) is 1. The Morgan fingerprint density at radius 1 is 1.12 bits per heavy atom. The van der Waals surface area contributed by atoms with Crippen LogP contribution in [0.4, 0.5) is 5.69 Å². The van der Waals surface area contributed by atoms with E-state index in [4.69, 9.17) is 10.1 Å². The molecule has 1 fully saturated rings. The number of hydrogen-bond acceptors (Lipinski definition) is 4. The van der Waals surface area contributed by atoms with Gasteiger partial charge in [0.05, 0.1) is 5.69 Å². The van der Waals surface area contributed by atoms with Crippen LogP contribution in [0.15, 0.2) is 24.3 Å². The number of nitrogens with zero attached hydrogens (tertiary/aromatic N) is 1. The first-order chi connectivity index (χ1) is 8.22. The Labute approximate surface area is 98.5 Å². The molecular formula is C12H12N2O3. The summed E-state index contributed by atoms with van der Waals surface area (Å²) < 4.78 is 4.86. The molecule has 1 N–H and O–H groups in total. The van der Waals surface area contributed by atoms with Crippen molar-refractivity contribution in [3.05, 3.63) is 24.3 Å². The van der Waals surface area contributed by atoms with E-state index in [2.05, 4.69) is 0 Å². The molecule has 17 heavy (non-hydrogen) atoms. The number of carbonyl (C=O) groups is 2. The SMILES string of the molecule is N=COc1ccc(N2C(=O)CCCC2=O)cc1. The zero-order valence-corrected chi connectivity index (χ0v) is 9.18. The molecule has 1 aliphatic rings. The summed E-state index contributed by atoms with van der Waals surface area (Å²) in [5.41, 5.74) is 0.553. The third-order valence-corrected chi connectivity index (χ3v) is 2.57. The van der Waals surface area contributed by atoms with Gasteiger partial charge in [-0.25, -0.2) is 0 Å². The van der Waals surface area contributed by atoms with Gasteiger partial charge in [-0.15, -0.1) is 0 Å². The van der Waals surface area contributed by atoms with Crippen LogP contribution in [0.3, 0.4) is 0 Å². The van der Waals surface area contributed by atoms with E-state index in [1.807, 2.05) is 0 Å². The third kappa shape index (κ3) is 2.33. The Morgan fingerprint density at radius 2 is 1.71 bits per heavy atom. The minimum absolute atomic E-state index is 0.165. The van der Waals surface area contributed by atoms with Gasteiger partial charge in [-0.05, 0) is 30.7 Å². The van der Waals surface area contributed by atoms with Crippen molar-refractivity contribution in [2.24, 2.45) is 0 Å². The molecule has 1 aromatic rings. The molecule has 0 bridgehead atoms. The summed E-state index contributed by atoms with van der Waals surface area (Å²) in [4.78, 5) is 24.5. The highest BCUT2D eigenvalue weighted by atomic mass is 16.5. The lowest BCUT2D eigenvalue weighted by Gasteiger charge is -2.24. The second kappa shape index (κ2) is 4.78. The van der Waals surface area contributed by atoms with E-state index >= 15 is 0 Å². The van der Waals surface area contributed by atoms with Gasteiger partial charge in [0.2, 0.25) is 11.8 Å². The Balaban J connectivity index is 2.23. The standard InChI is InChI=1S/C12H12N2O3/c13-8-17-10-6-4-9(5-7-10)14-11(15)2-1-3-12(14)16/h4-8,13H,1-3H2. The zero-order chi connectivity index (χ0) is 12.3. The highest BCUT2D eigenvalue weighted by Crippen LogP contribution is 2.24. The maximum Gasteiger partial charge on any atom is 0.233 e. The number of rotatable bonds is 3. The Hall–Kier alpha value is -2.17. The van der Waals surface area contributed by atoms with Gasteiger partial charge >= 0.3 is 0 Å². The lowest BCUT2D eigenvalue weighted by molar-refractivity contribution is -0.129. The van der Waals surface area contributed by atoms with Crippen LogP contribution in [0.5, 0.6) is 5.75 Å². The van der Waals surface area contributed by atoms with E-state index in [1.54, 1.807) is 24.3 Å². The molecule has 1 heterocycles. The summed E-state index contributed by atoms with van der Waals surface area (Å²) in [5.74, 6) is 0.171. The molecule has 1 aromatic carbocycles. The molecule has 88 valence electrons. The average molecular weight is 232 g/mol. The van der Waals surface area contributed by atoms with Crippen LogP contribution in [0, 0.1) is 5.41 Å². The number of benzene rings is 1. The van der Waals surface area contributed by atoms with Crippen molar-refractivity contribution < 1.29 is 14.3 Å². The number of carbonyl (C=O) groups excluding carboxylic acids is 2. The van der Waals surface area contributed by atoms with Crippen molar-refractivity contribution in [2.45, 2.75) is 19.3 Å². The van der Waals surface area contributed by atoms with E-state index < -0.39 is 0 Å². The first kappa shape index (κ1) is 11.3. The first-order valence-electron chi connectivity index (χ1n) is 5.34. The molecule has 0 radical (unpaired) electrons. The molecule has 5 nitrogen and oxygen atoms in total. The van der Waals surface area contributed by atoms with Crippen LogP contribution < -0.4 is 9.64 Å². The van der Waals surface area contributed by atoms with E-state index in [9.17, 15) is 9.59 Å². The average Bonchev–Trinajstić information content (AvgIpc) is 2.31. The fourth-order valence-corrected chi connectivity index (χ4v) is 1.78. The fourth-order valence-electron chi connectivity index (χ4n) is 1.78. The third-order valence-electron chi connectivity index (χ3n) is 2.57. The summed E-state index contributed by atoms with van der Waals surface area (Å²) in [5, 5.41) is 6.79. The molecular weight excluding hydrogens is 220 g/mol. The lowest BCUT2D eigenvalue weighted by atomic mass is 10.1. The smallest absolute Gasteiger partial charge is 0.233 e. The van der Waals surface area contributed by atoms with Crippen LogP contribution in [-0.4, -0.2) is 18.2 Å². The number of ether oxygens (including phenoxy) is 1. The monoisotopic (exact) mass is 232 g/mol. The van der Waals surface area contributed by atoms with Gasteiger partial charge in [0.25, 0.3) is 0 Å². The van der Waals surface area contributed by atoms with Crippen LogP contribution in [-0.2, 0) is 9.59 Å². The van der Waals surface area contributed by atoms with Crippen molar-refractivity contribution in [2.75, 3.05) is 4.90 Å². The fraction of sp³-hybridized carbons (Fsp3) is 0.250. The van der Waals surface area contributed by atoms with Gasteiger partial charge in [-0.3, -0.25) is 19.9 Å². The molecule has 0 spiro atoms. The molecule has 0 aliphatic carbocycles. The van der Waals surface area contributed by atoms with Gasteiger partial charge in [-0.2, -0.15) is 0 Å². The minimum atomic E-state index is -0.165. The van der Waals surface area contributed by atoms with Crippen LogP contribution >= 0.6 is 0 Å². The Kier molecular flexibility index (Phi) is 3.18. The van der Waals surface area contributed by atoms with Gasteiger partial charge in [0.1, 0.15) is 5.75 Å². The second-order valence-electron chi connectivity index (χ2n) is 3.71. The lowest BCUT2D eigenvalue weighted by Crippen LogP contribution is -2.40. The van der Waals surface area contributed by atoms with Crippen LogP contribution in [0.2, 0.25) is 0 Å². The largest absolute Gasteiger partial charge is 0.446 e. The molecule has 0 unspecified atom stereocenters. The number of hydrogen-bond donors (Lipinski definition) is 1. The predicted octanol–water partition coefficient (Wildman–Crippen LogP) is 1.72. The van der Waals surface area contributed by atoms with E-state index in [1.165, 1.54) is 4.90 Å². The molecule has 2 rings (SSSR count). The Bertz CT molecular complexity index is 437. The summed E-state index contributed by atoms with van der Waals surface area (Å²) in [7, 11) is 0. The molecule has 2 amide bonds. The van der Waals surface area contributed by atoms with Crippen molar-refractivity contribution in [1.29, 1.82) is 5.41 Å². The summed E-state index contributed by atoms with van der Waals surface area (Å²) in [6.07, 6.45) is 2.27. The van der Waals surface area contributed by atoms with Gasteiger partial charge in [0, 0.05) is 12.8 Å². The van der Waals surface area contributed by atoms with Gasteiger partial charge in [0.15, 0.2) is 6.40 Å². The number of piperidine rings is 1. The topological polar surface area (TPSA) is 70.5 Å². The maximum absolute atomic E-state index is 11.7. The highest BCUT2D eigenvalue weighted by Gasteiger charge is 2.27. The maximum atomic E-state index is 11.7. The van der Waals surface area contributed by atoms with Crippen LogP contribution in [0.1, 0.15) is 19.3 Å². The molecule has 5 heteroatoms. The van der Waals surface area contributed by atoms with Gasteiger partial charge in [-0.1, -0.05) is 0 Å². The van der Waals surface area contributed by atoms with Crippen molar-refractivity contribution >= 4 is 23.9 Å². The van der Waals surface area contributed by atoms with Crippen LogP contribution in [0.25, 0.3) is 0 Å². The molecule has 1 aliphatic heterocycles. The highest BCUT2D eigenvalue weighted by molar-refractivity contribution is 6.16. The van der Waals surface area contributed by atoms with Crippen molar-refractivity contribution in [3.8, 4) is 5.75 Å². The zero-order valence-electron chi connectivity index (χ0n) is 9.18. The number of amides is 2. The molecule has 0 atom stereocenters. The molecule has 0 saturated carbocycles. The summed E-state index contributed by atoms with van der Waals surface area (Å²) in [6.45, 7) is 0. The predicted molar refractivity (Wildman–Crippen MR) is 62.2 cm³/mol. The van der Waals surface area contributed by atoms with E-state index in [0.717, 1.165) is 6.40 Å². The summed E-state index contributed by atoms with van der Waals surface area (Å²) in [6, 6.07) is 6.52.